The molecule has 0 spiro atoms. The number of hydrogen-bond acceptors (Lipinski definition) is 0. The SMILES string of the molecule is C=CC=CC.[B].[B]. The molecule has 2 heteroatoms. The molecule has 0 N–H and O–H groups in total. The van der Waals surface area contributed by atoms with E-state index in [9.17, 15) is 0 Å². The Hall–Kier alpha value is -0.390. The Morgan fingerprint density at radius 3 is 1.71 bits per heavy atom. The van der Waals surface area contributed by atoms with Gasteiger partial charge in [-0.05, 0) is 6.92 Å². The molecule has 34 valence electrons. The van der Waals surface area contributed by atoms with Gasteiger partial charge in [-0.1, -0.05) is 24.8 Å². The average molecular weight is 89.7 g/mol. The third-order valence-electron chi connectivity index (χ3n) is 0.329. The molecule has 0 aromatic heterocycles. The zero-order chi connectivity index (χ0) is 4.12. The quantitative estimate of drug-likeness (QED) is 0.332. The van der Waals surface area contributed by atoms with E-state index >= 15 is 0 Å². The Bertz CT molecular complexity index is 48.0. The minimum absolute atomic E-state index is 0. The van der Waals surface area contributed by atoms with Crippen molar-refractivity contribution in [2.75, 3.05) is 0 Å². The zero-order valence-corrected chi connectivity index (χ0v) is 4.59. The highest BCUT2D eigenvalue weighted by molar-refractivity contribution is 5.76. The van der Waals surface area contributed by atoms with E-state index in [2.05, 4.69) is 6.58 Å². The lowest BCUT2D eigenvalue weighted by atomic mass is 10.5. The highest BCUT2D eigenvalue weighted by atomic mass is 13.5. The van der Waals surface area contributed by atoms with Crippen LogP contribution in [0.1, 0.15) is 6.92 Å². The topological polar surface area (TPSA) is 0 Å². The Labute approximate surface area is 49.5 Å². The molecule has 0 heterocycles. The van der Waals surface area contributed by atoms with Crippen molar-refractivity contribution < 1.29 is 0 Å². The predicted molar refractivity (Wildman–Crippen MR) is 36.5 cm³/mol. The third kappa shape index (κ3) is 28.2. The minimum Gasteiger partial charge on any atom is -0.0991 e. The van der Waals surface area contributed by atoms with Crippen LogP contribution in [0.3, 0.4) is 0 Å². The molecule has 7 heavy (non-hydrogen) atoms. The fourth-order valence-corrected chi connectivity index (χ4v) is 0.136. The first-order valence-corrected chi connectivity index (χ1v) is 1.65. The highest BCUT2D eigenvalue weighted by Gasteiger charge is 1.42. The molecule has 0 aliphatic carbocycles. The van der Waals surface area contributed by atoms with Crippen molar-refractivity contribution in [2.45, 2.75) is 6.92 Å². The van der Waals surface area contributed by atoms with Crippen LogP contribution in [-0.2, 0) is 0 Å². The molecule has 0 aliphatic heterocycles. The van der Waals surface area contributed by atoms with Crippen molar-refractivity contribution in [3.05, 3.63) is 24.8 Å². The molecule has 0 aromatic carbocycles. The largest absolute Gasteiger partial charge is 0.0991 e. The standard InChI is InChI=1S/C5H8.2B/c1-3-5-4-2;;/h3-5H,1H2,2H3;;. The van der Waals surface area contributed by atoms with E-state index in [-0.39, 0.29) is 16.8 Å². The molecular formula is C5H8B2. The van der Waals surface area contributed by atoms with Crippen LogP contribution >= 0.6 is 0 Å². The van der Waals surface area contributed by atoms with Crippen molar-refractivity contribution >= 4 is 16.8 Å². The number of rotatable bonds is 1. The molecule has 0 saturated carbocycles. The molecule has 0 fully saturated rings. The van der Waals surface area contributed by atoms with Crippen LogP contribution in [-0.4, -0.2) is 16.8 Å². The second-order valence-electron chi connectivity index (χ2n) is 0.761. The van der Waals surface area contributed by atoms with Gasteiger partial charge in [-0.3, -0.25) is 0 Å². The van der Waals surface area contributed by atoms with Gasteiger partial charge >= 0.3 is 0 Å². The summed E-state index contributed by atoms with van der Waals surface area (Å²) in [6, 6.07) is 0. The minimum atomic E-state index is 0. The molecule has 0 amide bonds. The second kappa shape index (κ2) is 17.5. The maximum Gasteiger partial charge on any atom is 0 e. The molecule has 0 unspecified atom stereocenters. The van der Waals surface area contributed by atoms with Crippen molar-refractivity contribution in [3.8, 4) is 0 Å². The molecule has 0 rings (SSSR count). The Morgan fingerprint density at radius 2 is 1.71 bits per heavy atom. The maximum atomic E-state index is 3.46. The van der Waals surface area contributed by atoms with E-state index in [4.69, 9.17) is 0 Å². The van der Waals surface area contributed by atoms with Gasteiger partial charge in [-0.15, -0.1) is 0 Å². The lowest BCUT2D eigenvalue weighted by Crippen LogP contribution is -1.33. The van der Waals surface area contributed by atoms with Gasteiger partial charge in [0.1, 0.15) is 0 Å². The maximum absolute atomic E-state index is 3.46. The molecule has 0 bridgehead atoms. The summed E-state index contributed by atoms with van der Waals surface area (Å²) in [6.07, 6.45) is 5.58. The van der Waals surface area contributed by atoms with E-state index in [0.29, 0.717) is 0 Å². The molecule has 0 nitrogen and oxygen atoms in total. The predicted octanol–water partition coefficient (Wildman–Crippen LogP) is 0.987. The van der Waals surface area contributed by atoms with Gasteiger partial charge in [-0.2, -0.15) is 0 Å². The fourth-order valence-electron chi connectivity index (χ4n) is 0.136. The van der Waals surface area contributed by atoms with Crippen LogP contribution < -0.4 is 0 Å². The Kier molecular flexibility index (Phi) is 39.9. The zero-order valence-electron chi connectivity index (χ0n) is 4.59. The normalized spacial score (nSPS) is 6.43. The van der Waals surface area contributed by atoms with Crippen LogP contribution in [0.15, 0.2) is 24.8 Å². The van der Waals surface area contributed by atoms with E-state index < -0.39 is 0 Å². The van der Waals surface area contributed by atoms with E-state index in [0.717, 1.165) is 0 Å². The van der Waals surface area contributed by atoms with Crippen molar-refractivity contribution in [1.82, 2.24) is 0 Å². The average Bonchev–Trinajstić information content (AvgIpc) is 1.41. The van der Waals surface area contributed by atoms with Crippen molar-refractivity contribution in [2.24, 2.45) is 0 Å². The van der Waals surface area contributed by atoms with Crippen LogP contribution in [0.4, 0.5) is 0 Å². The summed E-state index contributed by atoms with van der Waals surface area (Å²) in [5.74, 6) is 0. The van der Waals surface area contributed by atoms with Crippen molar-refractivity contribution in [1.29, 1.82) is 0 Å². The van der Waals surface area contributed by atoms with Crippen molar-refractivity contribution in [3.63, 3.8) is 0 Å². The van der Waals surface area contributed by atoms with E-state index in [1.807, 2.05) is 19.1 Å². The highest BCUT2D eigenvalue weighted by Crippen LogP contribution is 1.64. The summed E-state index contributed by atoms with van der Waals surface area (Å²) < 4.78 is 0. The summed E-state index contributed by atoms with van der Waals surface area (Å²) in [5.41, 5.74) is 0. The molecular weight excluding hydrogens is 81.7 g/mol. The van der Waals surface area contributed by atoms with Crippen LogP contribution in [0.25, 0.3) is 0 Å². The second-order valence-corrected chi connectivity index (χ2v) is 0.761. The first-order valence-electron chi connectivity index (χ1n) is 1.65. The smallest absolute Gasteiger partial charge is 0 e. The summed E-state index contributed by atoms with van der Waals surface area (Å²) in [6.45, 7) is 5.42. The summed E-state index contributed by atoms with van der Waals surface area (Å²) in [7, 11) is 0. The van der Waals surface area contributed by atoms with Gasteiger partial charge in [0.15, 0.2) is 0 Å². The van der Waals surface area contributed by atoms with Gasteiger partial charge in [-0.25, -0.2) is 0 Å². The van der Waals surface area contributed by atoms with Gasteiger partial charge in [0.2, 0.25) is 0 Å². The summed E-state index contributed by atoms with van der Waals surface area (Å²) in [4.78, 5) is 0. The lowest BCUT2D eigenvalue weighted by Gasteiger charge is -1.56. The first kappa shape index (κ1) is 16.0. The third-order valence-corrected chi connectivity index (χ3v) is 0.329. The molecule has 6 radical (unpaired) electrons. The Morgan fingerprint density at radius 1 is 1.29 bits per heavy atom. The molecule has 0 atom stereocenters. The monoisotopic (exact) mass is 90.1 g/mol. The van der Waals surface area contributed by atoms with Gasteiger partial charge in [0.05, 0.1) is 0 Å². The number of allylic oxidation sites excluding steroid dienone is 3. The van der Waals surface area contributed by atoms with Gasteiger partial charge in [0.25, 0.3) is 0 Å². The number of hydrogen-bond donors (Lipinski definition) is 0. The summed E-state index contributed by atoms with van der Waals surface area (Å²) in [5, 5.41) is 0. The van der Waals surface area contributed by atoms with E-state index in [1.165, 1.54) is 0 Å². The fraction of sp³-hybridized carbons (Fsp3) is 0.200. The van der Waals surface area contributed by atoms with E-state index in [1.54, 1.807) is 6.08 Å². The Balaban J connectivity index is -0.0000000800. The first-order chi connectivity index (χ1) is 2.41. The molecule has 0 saturated heterocycles. The lowest BCUT2D eigenvalue weighted by molar-refractivity contribution is 1.74. The van der Waals surface area contributed by atoms with Crippen LogP contribution in [0.2, 0.25) is 0 Å². The van der Waals surface area contributed by atoms with Gasteiger partial charge in [0, 0.05) is 16.8 Å². The van der Waals surface area contributed by atoms with Crippen LogP contribution in [0, 0.1) is 0 Å². The van der Waals surface area contributed by atoms with Gasteiger partial charge < -0.3 is 0 Å². The molecule has 0 aromatic rings. The van der Waals surface area contributed by atoms with Crippen LogP contribution in [0.5, 0.6) is 0 Å². The summed E-state index contributed by atoms with van der Waals surface area (Å²) >= 11 is 0. The molecule has 0 aliphatic rings.